The van der Waals surface area contributed by atoms with Gasteiger partial charge in [0, 0.05) is 19.5 Å². The summed E-state index contributed by atoms with van der Waals surface area (Å²) in [6.45, 7) is 1.73. The molecule has 10 nitrogen and oxygen atoms in total. The van der Waals surface area contributed by atoms with Crippen LogP contribution in [-0.2, 0) is 23.9 Å². The molecule has 0 spiro atoms. The second-order valence-electron chi connectivity index (χ2n) is 7.27. The zero-order chi connectivity index (χ0) is 21.3. The number of benzene rings is 1. The number of carbonyl (C=O) groups excluding carboxylic acids is 5. The number of fused-ring (bicyclic) bond motifs is 1. The summed E-state index contributed by atoms with van der Waals surface area (Å²) in [6, 6.07) is 5.23. The van der Waals surface area contributed by atoms with Crippen LogP contribution in [0.5, 0.6) is 0 Å². The molecule has 1 atom stereocenters. The lowest BCUT2D eigenvalue weighted by Gasteiger charge is -2.34. The number of hydrogen-bond acceptors (Lipinski definition) is 8. The van der Waals surface area contributed by atoms with Gasteiger partial charge in [-0.3, -0.25) is 33.8 Å². The van der Waals surface area contributed by atoms with Crippen LogP contribution in [0.15, 0.2) is 24.3 Å². The van der Waals surface area contributed by atoms with Gasteiger partial charge in [0.05, 0.1) is 30.9 Å². The van der Waals surface area contributed by atoms with Crippen molar-refractivity contribution in [2.45, 2.75) is 18.9 Å². The average molecular weight is 415 g/mol. The van der Waals surface area contributed by atoms with Gasteiger partial charge in [-0.25, -0.2) is 4.90 Å². The fourth-order valence-electron chi connectivity index (χ4n) is 3.81. The molecule has 3 aliphatic rings. The second kappa shape index (κ2) is 8.33. The Morgan fingerprint density at radius 2 is 1.67 bits per heavy atom. The molecule has 1 unspecified atom stereocenters. The molecule has 158 valence electrons. The number of piperidine rings is 1. The molecule has 4 rings (SSSR count). The fraction of sp³-hybridized carbons (Fsp3) is 0.450. The van der Waals surface area contributed by atoms with Gasteiger partial charge in [-0.1, -0.05) is 12.1 Å². The monoisotopic (exact) mass is 415 g/mol. The maximum Gasteiger partial charge on any atom is 0.321 e. The number of imide groups is 2. The van der Waals surface area contributed by atoms with E-state index in [1.807, 2.05) is 4.90 Å². The third-order valence-electron chi connectivity index (χ3n) is 5.43. The predicted molar refractivity (Wildman–Crippen MR) is 100 cm³/mol. The minimum Gasteiger partial charge on any atom is -0.443 e. The molecule has 0 aromatic heterocycles. The van der Waals surface area contributed by atoms with Gasteiger partial charge >= 0.3 is 5.97 Å². The highest BCUT2D eigenvalue weighted by atomic mass is 16.5. The number of hydrogen-bond donors (Lipinski definition) is 0. The van der Waals surface area contributed by atoms with Crippen LogP contribution in [0.4, 0.5) is 0 Å². The summed E-state index contributed by atoms with van der Waals surface area (Å²) in [5, 5.41) is 0. The summed E-state index contributed by atoms with van der Waals surface area (Å²) < 4.78 is 10.3. The highest BCUT2D eigenvalue weighted by molar-refractivity contribution is 6.23. The van der Waals surface area contributed by atoms with E-state index in [-0.39, 0.29) is 30.5 Å². The molecule has 1 aromatic rings. The van der Waals surface area contributed by atoms with E-state index < -0.39 is 42.4 Å². The van der Waals surface area contributed by atoms with E-state index in [1.54, 1.807) is 12.1 Å². The van der Waals surface area contributed by atoms with Crippen LogP contribution in [-0.4, -0.2) is 89.9 Å². The van der Waals surface area contributed by atoms with Crippen molar-refractivity contribution < 1.29 is 33.4 Å². The molecule has 1 aromatic carbocycles. The minimum absolute atomic E-state index is 0.0292. The zero-order valence-corrected chi connectivity index (χ0v) is 16.2. The Bertz CT molecular complexity index is 874. The third kappa shape index (κ3) is 3.71. The summed E-state index contributed by atoms with van der Waals surface area (Å²) >= 11 is 0. The third-order valence-corrected chi connectivity index (χ3v) is 5.43. The van der Waals surface area contributed by atoms with Gasteiger partial charge in [0.15, 0.2) is 6.73 Å². The van der Waals surface area contributed by atoms with E-state index in [0.717, 1.165) is 9.80 Å². The Hall–Kier alpha value is -3.11. The van der Waals surface area contributed by atoms with Crippen molar-refractivity contribution >= 4 is 29.6 Å². The van der Waals surface area contributed by atoms with Crippen LogP contribution in [0, 0.1) is 0 Å². The Labute approximate surface area is 172 Å². The molecule has 30 heavy (non-hydrogen) atoms. The number of rotatable bonds is 5. The van der Waals surface area contributed by atoms with E-state index >= 15 is 0 Å². The predicted octanol–water partition coefficient (Wildman–Crippen LogP) is -0.367. The van der Waals surface area contributed by atoms with Crippen molar-refractivity contribution in [2.75, 3.05) is 39.6 Å². The van der Waals surface area contributed by atoms with E-state index in [4.69, 9.17) is 9.47 Å². The number of carbonyl (C=O) groups is 5. The lowest BCUT2D eigenvalue weighted by Crippen LogP contribution is -2.56. The number of esters is 1. The van der Waals surface area contributed by atoms with Crippen molar-refractivity contribution in [2.24, 2.45) is 0 Å². The summed E-state index contributed by atoms with van der Waals surface area (Å²) in [4.78, 5) is 66.2. The molecular weight excluding hydrogens is 394 g/mol. The maximum absolute atomic E-state index is 12.9. The van der Waals surface area contributed by atoms with Crippen molar-refractivity contribution in [3.05, 3.63) is 35.4 Å². The molecule has 0 radical (unpaired) electrons. The van der Waals surface area contributed by atoms with Gasteiger partial charge in [0.25, 0.3) is 17.7 Å². The SMILES string of the molecule is O=C(CN1CCOCC1)OCN1C(=O)CCC(N2C(=O)c3ccccc3C2=O)C1=O. The molecule has 3 heterocycles. The van der Waals surface area contributed by atoms with Crippen LogP contribution in [0.2, 0.25) is 0 Å². The summed E-state index contributed by atoms with van der Waals surface area (Å²) in [5.74, 6) is -2.92. The molecule has 10 heteroatoms. The molecule has 3 aliphatic heterocycles. The highest BCUT2D eigenvalue weighted by Gasteiger charge is 2.47. The second-order valence-corrected chi connectivity index (χ2v) is 7.27. The zero-order valence-electron chi connectivity index (χ0n) is 16.2. The minimum atomic E-state index is -1.10. The molecule has 0 saturated carbocycles. The Kier molecular flexibility index (Phi) is 5.60. The van der Waals surface area contributed by atoms with Gasteiger partial charge in [-0.05, 0) is 18.6 Å². The van der Waals surface area contributed by atoms with Crippen molar-refractivity contribution in [3.63, 3.8) is 0 Å². The molecule has 2 saturated heterocycles. The lowest BCUT2D eigenvalue weighted by molar-refractivity contribution is -0.164. The highest BCUT2D eigenvalue weighted by Crippen LogP contribution is 2.28. The summed E-state index contributed by atoms with van der Waals surface area (Å²) in [6.07, 6.45) is 0.00614. The maximum atomic E-state index is 12.9. The largest absolute Gasteiger partial charge is 0.443 e. The van der Waals surface area contributed by atoms with Crippen LogP contribution in [0.3, 0.4) is 0 Å². The first-order valence-electron chi connectivity index (χ1n) is 9.74. The van der Waals surface area contributed by atoms with Crippen molar-refractivity contribution in [3.8, 4) is 0 Å². The van der Waals surface area contributed by atoms with E-state index in [1.165, 1.54) is 12.1 Å². The fourth-order valence-corrected chi connectivity index (χ4v) is 3.81. The first kappa shape index (κ1) is 20.2. The Morgan fingerprint density at radius 3 is 2.30 bits per heavy atom. The summed E-state index contributed by atoms with van der Waals surface area (Å²) in [7, 11) is 0. The molecule has 0 bridgehead atoms. The topological polar surface area (TPSA) is 114 Å². The quantitative estimate of drug-likeness (QED) is 0.473. The number of ether oxygens (including phenoxy) is 2. The average Bonchev–Trinajstić information content (AvgIpc) is 3.00. The van der Waals surface area contributed by atoms with Gasteiger partial charge in [0.2, 0.25) is 5.91 Å². The van der Waals surface area contributed by atoms with Crippen LogP contribution in [0.25, 0.3) is 0 Å². The molecule has 2 fully saturated rings. The van der Waals surface area contributed by atoms with E-state index in [2.05, 4.69) is 0 Å². The van der Waals surface area contributed by atoms with E-state index in [0.29, 0.717) is 26.3 Å². The van der Waals surface area contributed by atoms with Crippen LogP contribution < -0.4 is 0 Å². The van der Waals surface area contributed by atoms with Gasteiger partial charge in [-0.15, -0.1) is 0 Å². The number of likely N-dealkylation sites (tertiary alicyclic amines) is 1. The van der Waals surface area contributed by atoms with Crippen LogP contribution >= 0.6 is 0 Å². The Morgan fingerprint density at radius 1 is 1.03 bits per heavy atom. The number of nitrogens with zero attached hydrogens (tertiary/aromatic N) is 3. The molecule has 0 N–H and O–H groups in total. The normalized spacial score (nSPS) is 22.5. The smallest absolute Gasteiger partial charge is 0.321 e. The van der Waals surface area contributed by atoms with Gasteiger partial charge in [-0.2, -0.15) is 0 Å². The Balaban J connectivity index is 1.41. The molecular formula is C20H21N3O7. The number of morpholine rings is 1. The lowest BCUT2D eigenvalue weighted by atomic mass is 10.0. The van der Waals surface area contributed by atoms with Crippen molar-refractivity contribution in [1.82, 2.24) is 14.7 Å². The first-order chi connectivity index (χ1) is 14.5. The first-order valence-corrected chi connectivity index (χ1v) is 9.74. The van der Waals surface area contributed by atoms with E-state index in [9.17, 15) is 24.0 Å². The summed E-state index contributed by atoms with van der Waals surface area (Å²) in [5.41, 5.74) is 0.464. The van der Waals surface area contributed by atoms with Crippen LogP contribution in [0.1, 0.15) is 33.6 Å². The van der Waals surface area contributed by atoms with Gasteiger partial charge in [0.1, 0.15) is 6.04 Å². The van der Waals surface area contributed by atoms with Gasteiger partial charge < -0.3 is 9.47 Å². The van der Waals surface area contributed by atoms with Crippen molar-refractivity contribution in [1.29, 1.82) is 0 Å². The molecule has 4 amide bonds. The number of amides is 4. The standard InChI is InChI=1S/C20H21N3O7/c24-16-6-5-15(23-18(26)13-3-1-2-4-14(13)19(23)27)20(28)22(16)12-30-17(25)11-21-7-9-29-10-8-21/h1-4,15H,5-12H2. The molecule has 0 aliphatic carbocycles.